The molecule has 0 aliphatic heterocycles. The number of hydrogen-bond donors (Lipinski definition) is 2. The minimum atomic E-state index is -1.04. The number of aromatic carboxylic acids is 1. The molecular weight excluding hydrogens is 304 g/mol. The first-order valence-electron chi connectivity index (χ1n) is 6.35. The topological polar surface area (TPSA) is 122 Å². The molecule has 2 N–H and O–H groups in total. The molecule has 0 saturated heterocycles. The molecule has 23 heavy (non-hydrogen) atoms. The number of ether oxygens (including phenoxy) is 1. The number of nitrogens with zero attached hydrogens (tertiary/aromatic N) is 2. The van der Waals surface area contributed by atoms with Gasteiger partial charge in [-0.15, -0.1) is 0 Å². The van der Waals surface area contributed by atoms with Gasteiger partial charge in [-0.25, -0.2) is 4.79 Å². The van der Waals surface area contributed by atoms with E-state index in [2.05, 4.69) is 4.99 Å². The van der Waals surface area contributed by atoms with Gasteiger partial charge in [0, 0.05) is 17.8 Å². The number of hydrogen-bond acceptors (Lipinski definition) is 6. The summed E-state index contributed by atoms with van der Waals surface area (Å²) in [6.45, 7) is 0. The molecule has 118 valence electrons. The first-order chi connectivity index (χ1) is 10.9. The summed E-state index contributed by atoms with van der Waals surface area (Å²) in [7, 11) is 1.28. The Bertz CT molecular complexity index is 783. The van der Waals surface area contributed by atoms with E-state index in [1.54, 1.807) is 0 Å². The fourth-order valence-corrected chi connectivity index (χ4v) is 1.82. The van der Waals surface area contributed by atoms with E-state index in [-0.39, 0.29) is 11.3 Å². The van der Waals surface area contributed by atoms with E-state index < -0.39 is 22.3 Å². The molecule has 0 aromatic heterocycles. The number of carboxylic acid groups (broad SMARTS) is 1. The molecule has 2 aromatic carbocycles. The quantitative estimate of drug-likeness (QED) is 0.497. The lowest BCUT2D eigenvalue weighted by atomic mass is 10.1. The third-order valence-corrected chi connectivity index (χ3v) is 2.97. The van der Waals surface area contributed by atoms with Crippen LogP contribution in [0, 0.1) is 10.1 Å². The van der Waals surface area contributed by atoms with Crippen LogP contribution in [0.25, 0.3) is 0 Å². The number of nitro benzene ring substituents is 1. The molecule has 0 unspecified atom stereocenters. The molecule has 0 saturated carbocycles. The summed E-state index contributed by atoms with van der Waals surface area (Å²) in [4.78, 5) is 25.0. The highest BCUT2D eigenvalue weighted by atomic mass is 16.6. The van der Waals surface area contributed by atoms with Crippen LogP contribution >= 0.6 is 0 Å². The van der Waals surface area contributed by atoms with Gasteiger partial charge < -0.3 is 14.9 Å². The standard InChI is InChI=1S/C15H12N2O6/c1-23-13-7-9(6-12(14(13)18)17(21)22)8-16-11-4-2-10(3-5-11)15(19)20/h2-8,18H,1H3,(H,19,20). The molecule has 2 rings (SSSR count). The van der Waals surface area contributed by atoms with Gasteiger partial charge in [-0.05, 0) is 30.3 Å². The second kappa shape index (κ2) is 6.56. The van der Waals surface area contributed by atoms with Crippen LogP contribution in [0.4, 0.5) is 11.4 Å². The van der Waals surface area contributed by atoms with Crippen molar-refractivity contribution in [2.24, 2.45) is 4.99 Å². The minimum absolute atomic E-state index is 0.0399. The normalized spacial score (nSPS) is 10.7. The number of aliphatic imine (C=N–C) groups is 1. The SMILES string of the molecule is COc1cc(C=Nc2ccc(C(=O)O)cc2)cc([N+](=O)[O-])c1O. The Morgan fingerprint density at radius 3 is 2.48 bits per heavy atom. The third-order valence-electron chi connectivity index (χ3n) is 2.97. The number of phenolic OH excluding ortho intramolecular Hbond substituents is 1. The van der Waals surface area contributed by atoms with Gasteiger partial charge >= 0.3 is 11.7 Å². The van der Waals surface area contributed by atoms with Gasteiger partial charge in [-0.2, -0.15) is 0 Å². The molecule has 8 nitrogen and oxygen atoms in total. The van der Waals surface area contributed by atoms with Gasteiger partial charge in [0.15, 0.2) is 5.75 Å². The van der Waals surface area contributed by atoms with Crippen LogP contribution in [-0.2, 0) is 0 Å². The van der Waals surface area contributed by atoms with Crippen molar-refractivity contribution in [2.45, 2.75) is 0 Å². The Hall–Kier alpha value is -3.42. The number of carbonyl (C=O) groups is 1. The molecule has 0 heterocycles. The summed E-state index contributed by atoms with van der Waals surface area (Å²) in [6, 6.07) is 8.37. The summed E-state index contributed by atoms with van der Waals surface area (Å²) in [5.41, 5.74) is 0.469. The van der Waals surface area contributed by atoms with Crippen molar-refractivity contribution < 1.29 is 24.7 Å². The van der Waals surface area contributed by atoms with E-state index in [0.29, 0.717) is 11.3 Å². The van der Waals surface area contributed by atoms with Gasteiger partial charge in [0.25, 0.3) is 0 Å². The first-order valence-corrected chi connectivity index (χ1v) is 6.35. The molecular formula is C15H12N2O6. The molecule has 0 fully saturated rings. The van der Waals surface area contributed by atoms with Gasteiger partial charge in [0.2, 0.25) is 5.75 Å². The average molecular weight is 316 g/mol. The molecule has 2 aromatic rings. The number of phenols is 1. The minimum Gasteiger partial charge on any atom is -0.500 e. The Labute approximate surface area is 130 Å². The molecule has 0 aliphatic rings. The van der Waals surface area contributed by atoms with Crippen molar-refractivity contribution in [3.05, 3.63) is 57.6 Å². The lowest BCUT2D eigenvalue weighted by molar-refractivity contribution is -0.386. The summed E-state index contributed by atoms with van der Waals surface area (Å²) < 4.78 is 4.89. The first kappa shape index (κ1) is 16.0. The number of methoxy groups -OCH3 is 1. The molecule has 0 spiro atoms. The fraction of sp³-hybridized carbons (Fsp3) is 0.0667. The summed E-state index contributed by atoms with van der Waals surface area (Å²) in [5, 5.41) is 29.4. The average Bonchev–Trinajstić information content (AvgIpc) is 2.53. The number of aromatic hydroxyl groups is 1. The van der Waals surface area contributed by atoms with Gasteiger partial charge in [0.1, 0.15) is 0 Å². The zero-order valence-corrected chi connectivity index (χ0v) is 12.0. The van der Waals surface area contributed by atoms with Gasteiger partial charge in [0.05, 0.1) is 23.3 Å². The van der Waals surface area contributed by atoms with Crippen LogP contribution in [-0.4, -0.2) is 34.4 Å². The largest absolute Gasteiger partial charge is 0.500 e. The van der Waals surface area contributed by atoms with E-state index >= 15 is 0 Å². The molecule has 0 aliphatic carbocycles. The highest BCUT2D eigenvalue weighted by Crippen LogP contribution is 2.36. The zero-order chi connectivity index (χ0) is 17.0. The number of nitro groups is 1. The zero-order valence-electron chi connectivity index (χ0n) is 12.0. The number of benzene rings is 2. The molecule has 8 heteroatoms. The van der Waals surface area contributed by atoms with Crippen LogP contribution in [0.1, 0.15) is 15.9 Å². The van der Waals surface area contributed by atoms with Crippen molar-refractivity contribution in [1.29, 1.82) is 0 Å². The smallest absolute Gasteiger partial charge is 0.335 e. The van der Waals surface area contributed by atoms with Crippen molar-refractivity contribution in [1.82, 2.24) is 0 Å². The number of rotatable bonds is 5. The van der Waals surface area contributed by atoms with Crippen molar-refractivity contribution in [3.63, 3.8) is 0 Å². The van der Waals surface area contributed by atoms with Crippen molar-refractivity contribution >= 4 is 23.6 Å². The van der Waals surface area contributed by atoms with Crippen LogP contribution < -0.4 is 4.74 Å². The van der Waals surface area contributed by atoms with Crippen LogP contribution in [0.3, 0.4) is 0 Å². The Morgan fingerprint density at radius 1 is 1.30 bits per heavy atom. The van der Waals surface area contributed by atoms with Crippen molar-refractivity contribution in [2.75, 3.05) is 7.11 Å². The molecule has 0 bridgehead atoms. The second-order valence-electron chi connectivity index (χ2n) is 4.46. The van der Waals surface area contributed by atoms with E-state index in [1.165, 1.54) is 43.7 Å². The van der Waals surface area contributed by atoms with Gasteiger partial charge in [-0.1, -0.05) is 0 Å². The lowest BCUT2D eigenvalue weighted by Gasteiger charge is -2.05. The molecule has 0 amide bonds. The highest BCUT2D eigenvalue weighted by molar-refractivity contribution is 5.88. The summed E-state index contributed by atoms with van der Waals surface area (Å²) >= 11 is 0. The predicted octanol–water partition coefficient (Wildman–Crippen LogP) is 2.76. The number of carboxylic acids is 1. The van der Waals surface area contributed by atoms with E-state index in [1.807, 2.05) is 0 Å². The fourth-order valence-electron chi connectivity index (χ4n) is 1.82. The maximum absolute atomic E-state index is 10.9. The predicted molar refractivity (Wildman–Crippen MR) is 82.0 cm³/mol. The van der Waals surface area contributed by atoms with Crippen molar-refractivity contribution in [3.8, 4) is 11.5 Å². The lowest BCUT2D eigenvalue weighted by Crippen LogP contribution is -1.95. The summed E-state index contributed by atoms with van der Waals surface area (Å²) in [5.74, 6) is -1.64. The van der Waals surface area contributed by atoms with Crippen LogP contribution in [0.5, 0.6) is 11.5 Å². The molecule has 0 atom stereocenters. The van der Waals surface area contributed by atoms with Crippen LogP contribution in [0.2, 0.25) is 0 Å². The maximum atomic E-state index is 10.9. The maximum Gasteiger partial charge on any atom is 0.335 e. The monoisotopic (exact) mass is 316 g/mol. The Balaban J connectivity index is 2.33. The van der Waals surface area contributed by atoms with E-state index in [0.717, 1.165) is 6.07 Å². The Morgan fingerprint density at radius 2 is 1.96 bits per heavy atom. The van der Waals surface area contributed by atoms with E-state index in [4.69, 9.17) is 9.84 Å². The third kappa shape index (κ3) is 3.62. The van der Waals surface area contributed by atoms with E-state index in [9.17, 15) is 20.0 Å². The summed E-state index contributed by atoms with van der Waals surface area (Å²) in [6.07, 6.45) is 1.35. The molecule has 0 radical (unpaired) electrons. The van der Waals surface area contributed by atoms with Gasteiger partial charge in [-0.3, -0.25) is 15.1 Å². The Kier molecular flexibility index (Phi) is 4.55. The highest BCUT2D eigenvalue weighted by Gasteiger charge is 2.19. The second-order valence-corrected chi connectivity index (χ2v) is 4.46. The van der Waals surface area contributed by atoms with Crippen LogP contribution in [0.15, 0.2) is 41.4 Å².